The quantitative estimate of drug-likeness (QED) is 0.706. The number of carbonyl (C=O) groups is 4. The predicted octanol–water partition coefficient (Wildman–Crippen LogP) is 2.69. The van der Waals surface area contributed by atoms with Gasteiger partial charge in [-0.3, -0.25) is 14.4 Å². The van der Waals surface area contributed by atoms with Gasteiger partial charge in [-0.25, -0.2) is 4.79 Å². The van der Waals surface area contributed by atoms with Crippen molar-refractivity contribution in [1.29, 1.82) is 0 Å². The van der Waals surface area contributed by atoms with Crippen molar-refractivity contribution in [3.63, 3.8) is 0 Å². The van der Waals surface area contributed by atoms with Crippen molar-refractivity contribution in [1.82, 2.24) is 9.80 Å². The van der Waals surface area contributed by atoms with E-state index in [-0.39, 0.29) is 48.1 Å². The SMILES string of the molecule is CCOC(=O)c1ccccc1NC(=O)C1CCN(C(=O)C2CC(=O)N(C(C)(C)C)C2)CC1. The molecule has 2 fully saturated rings. The second kappa shape index (κ2) is 9.71. The summed E-state index contributed by atoms with van der Waals surface area (Å²) in [6, 6.07) is 6.78. The molecule has 8 heteroatoms. The second-order valence-electron chi connectivity index (χ2n) is 9.43. The Kier molecular flexibility index (Phi) is 7.21. The van der Waals surface area contributed by atoms with Crippen LogP contribution in [0.3, 0.4) is 0 Å². The van der Waals surface area contributed by atoms with Crippen LogP contribution in [0.4, 0.5) is 5.69 Å². The molecule has 2 saturated heterocycles. The molecule has 1 aromatic carbocycles. The zero-order valence-electron chi connectivity index (χ0n) is 19.3. The van der Waals surface area contributed by atoms with Crippen LogP contribution in [0.2, 0.25) is 0 Å². The maximum Gasteiger partial charge on any atom is 0.340 e. The van der Waals surface area contributed by atoms with Crippen LogP contribution in [-0.2, 0) is 19.1 Å². The first-order valence-electron chi connectivity index (χ1n) is 11.3. The van der Waals surface area contributed by atoms with E-state index < -0.39 is 5.97 Å². The first-order chi connectivity index (χ1) is 15.1. The van der Waals surface area contributed by atoms with Crippen molar-refractivity contribution < 1.29 is 23.9 Å². The Labute approximate surface area is 189 Å². The van der Waals surface area contributed by atoms with Gasteiger partial charge in [-0.2, -0.15) is 0 Å². The van der Waals surface area contributed by atoms with Gasteiger partial charge in [-0.05, 0) is 52.7 Å². The molecule has 0 radical (unpaired) electrons. The summed E-state index contributed by atoms with van der Waals surface area (Å²) < 4.78 is 5.06. The predicted molar refractivity (Wildman–Crippen MR) is 120 cm³/mol. The van der Waals surface area contributed by atoms with Crippen LogP contribution < -0.4 is 5.32 Å². The molecule has 3 amide bonds. The number of nitrogens with zero attached hydrogens (tertiary/aromatic N) is 2. The number of esters is 1. The molecule has 8 nitrogen and oxygen atoms in total. The molecule has 3 rings (SSSR count). The third-order valence-electron chi connectivity index (χ3n) is 6.14. The normalized spacial score (nSPS) is 19.8. The van der Waals surface area contributed by atoms with Crippen molar-refractivity contribution in [3.8, 4) is 0 Å². The third kappa shape index (κ3) is 5.29. The zero-order valence-corrected chi connectivity index (χ0v) is 19.3. The van der Waals surface area contributed by atoms with Gasteiger partial charge in [-0.1, -0.05) is 12.1 Å². The van der Waals surface area contributed by atoms with Crippen molar-refractivity contribution in [2.45, 2.75) is 52.5 Å². The molecule has 2 aliphatic rings. The minimum atomic E-state index is -0.473. The maximum atomic E-state index is 13.0. The molecule has 0 aromatic heterocycles. The average molecular weight is 444 g/mol. The monoisotopic (exact) mass is 443 g/mol. The summed E-state index contributed by atoms with van der Waals surface area (Å²) in [6.07, 6.45) is 1.34. The Morgan fingerprint density at radius 2 is 1.75 bits per heavy atom. The fraction of sp³-hybridized carbons (Fsp3) is 0.583. The molecule has 1 atom stereocenters. The van der Waals surface area contributed by atoms with Crippen LogP contribution in [0.5, 0.6) is 0 Å². The Hall–Kier alpha value is -2.90. The second-order valence-corrected chi connectivity index (χ2v) is 9.43. The number of amides is 3. The number of anilines is 1. The van der Waals surface area contributed by atoms with Gasteiger partial charge in [0.2, 0.25) is 17.7 Å². The van der Waals surface area contributed by atoms with Gasteiger partial charge in [0.05, 0.1) is 23.8 Å². The molecule has 174 valence electrons. The number of hydrogen-bond acceptors (Lipinski definition) is 5. The van der Waals surface area contributed by atoms with Crippen LogP contribution in [0.1, 0.15) is 57.3 Å². The highest BCUT2D eigenvalue weighted by atomic mass is 16.5. The molecular formula is C24H33N3O5. The minimum Gasteiger partial charge on any atom is -0.462 e. The van der Waals surface area contributed by atoms with E-state index in [0.717, 1.165) is 0 Å². The van der Waals surface area contributed by atoms with E-state index in [1.54, 1.807) is 41.0 Å². The Morgan fingerprint density at radius 1 is 1.09 bits per heavy atom. The fourth-order valence-electron chi connectivity index (χ4n) is 4.36. The van der Waals surface area contributed by atoms with Gasteiger partial charge >= 0.3 is 5.97 Å². The van der Waals surface area contributed by atoms with Crippen LogP contribution >= 0.6 is 0 Å². The number of para-hydroxylation sites is 1. The summed E-state index contributed by atoms with van der Waals surface area (Å²) in [5, 5.41) is 2.85. The highest BCUT2D eigenvalue weighted by Crippen LogP contribution is 2.29. The van der Waals surface area contributed by atoms with E-state index in [1.165, 1.54) is 0 Å². The summed E-state index contributed by atoms with van der Waals surface area (Å²) in [5.41, 5.74) is 0.461. The lowest BCUT2D eigenvalue weighted by Gasteiger charge is -2.34. The fourth-order valence-corrected chi connectivity index (χ4v) is 4.36. The lowest BCUT2D eigenvalue weighted by molar-refractivity contribution is -0.138. The standard InChI is InChI=1S/C24H33N3O5/c1-5-32-23(31)18-8-6-7-9-19(18)25-21(29)16-10-12-26(13-11-16)22(30)17-14-20(28)27(15-17)24(2,3)4/h6-9,16-17H,5,10-15H2,1-4H3,(H,25,29). The molecule has 2 heterocycles. The smallest absolute Gasteiger partial charge is 0.340 e. The minimum absolute atomic E-state index is 0.00313. The summed E-state index contributed by atoms with van der Waals surface area (Å²) in [4.78, 5) is 53.8. The van der Waals surface area contributed by atoms with E-state index >= 15 is 0 Å². The molecule has 0 saturated carbocycles. The number of ether oxygens (including phenoxy) is 1. The van der Waals surface area contributed by atoms with E-state index in [0.29, 0.717) is 43.7 Å². The third-order valence-corrected chi connectivity index (χ3v) is 6.14. The number of carbonyl (C=O) groups excluding carboxylic acids is 4. The highest BCUT2D eigenvalue weighted by molar-refractivity contribution is 6.02. The van der Waals surface area contributed by atoms with Gasteiger partial charge in [-0.15, -0.1) is 0 Å². The maximum absolute atomic E-state index is 13.0. The van der Waals surface area contributed by atoms with Crippen molar-refractivity contribution in [2.75, 3.05) is 31.6 Å². The topological polar surface area (TPSA) is 96.0 Å². The first-order valence-corrected chi connectivity index (χ1v) is 11.3. The van der Waals surface area contributed by atoms with E-state index in [2.05, 4.69) is 5.32 Å². The van der Waals surface area contributed by atoms with Crippen LogP contribution in [-0.4, -0.2) is 65.3 Å². The van der Waals surface area contributed by atoms with Crippen molar-refractivity contribution >= 4 is 29.4 Å². The van der Waals surface area contributed by atoms with E-state index in [1.807, 2.05) is 20.8 Å². The number of likely N-dealkylation sites (tertiary alicyclic amines) is 2. The molecule has 1 aromatic rings. The van der Waals surface area contributed by atoms with Crippen molar-refractivity contribution in [2.24, 2.45) is 11.8 Å². The van der Waals surface area contributed by atoms with Gasteiger partial charge < -0.3 is 19.9 Å². The Balaban J connectivity index is 1.55. The van der Waals surface area contributed by atoms with Gasteiger partial charge in [0, 0.05) is 37.5 Å². The van der Waals surface area contributed by atoms with Crippen LogP contribution in [0.25, 0.3) is 0 Å². The van der Waals surface area contributed by atoms with Crippen LogP contribution in [0.15, 0.2) is 24.3 Å². The molecule has 32 heavy (non-hydrogen) atoms. The Bertz CT molecular complexity index is 884. The molecular weight excluding hydrogens is 410 g/mol. The summed E-state index contributed by atoms with van der Waals surface area (Å²) in [6.45, 7) is 9.33. The lowest BCUT2D eigenvalue weighted by Crippen LogP contribution is -2.46. The number of nitrogens with one attached hydrogen (secondary N) is 1. The number of rotatable bonds is 5. The highest BCUT2D eigenvalue weighted by Gasteiger charge is 2.41. The molecule has 2 aliphatic heterocycles. The average Bonchev–Trinajstić information content (AvgIpc) is 3.16. The number of piperidine rings is 1. The molecule has 0 bridgehead atoms. The van der Waals surface area contributed by atoms with Crippen LogP contribution in [0, 0.1) is 11.8 Å². The number of benzene rings is 1. The zero-order chi connectivity index (χ0) is 23.5. The van der Waals surface area contributed by atoms with E-state index in [9.17, 15) is 19.2 Å². The molecule has 0 aliphatic carbocycles. The summed E-state index contributed by atoms with van der Waals surface area (Å²) in [5.74, 6) is -1.18. The molecule has 1 N–H and O–H groups in total. The Morgan fingerprint density at radius 3 is 2.34 bits per heavy atom. The molecule has 1 unspecified atom stereocenters. The van der Waals surface area contributed by atoms with E-state index in [4.69, 9.17) is 4.74 Å². The lowest BCUT2D eigenvalue weighted by atomic mass is 9.94. The van der Waals surface area contributed by atoms with Gasteiger partial charge in [0.15, 0.2) is 0 Å². The summed E-state index contributed by atoms with van der Waals surface area (Å²) >= 11 is 0. The van der Waals surface area contributed by atoms with Gasteiger partial charge in [0.1, 0.15) is 0 Å². The first kappa shape index (κ1) is 23.8. The van der Waals surface area contributed by atoms with Gasteiger partial charge in [0.25, 0.3) is 0 Å². The van der Waals surface area contributed by atoms with Crippen molar-refractivity contribution in [3.05, 3.63) is 29.8 Å². The largest absolute Gasteiger partial charge is 0.462 e. The number of hydrogen-bond donors (Lipinski definition) is 1. The summed E-state index contributed by atoms with van der Waals surface area (Å²) in [7, 11) is 0. The molecule has 0 spiro atoms.